The van der Waals surface area contributed by atoms with Crippen LogP contribution in [-0.4, -0.2) is 20.6 Å². The molecule has 0 saturated heterocycles. The lowest BCUT2D eigenvalue weighted by Gasteiger charge is -2.20. The van der Waals surface area contributed by atoms with Crippen LogP contribution in [0.25, 0.3) is 0 Å². The number of carbonyl (C=O) groups is 1. The lowest BCUT2D eigenvalue weighted by Crippen LogP contribution is -2.18. The largest absolute Gasteiger partial charge is 0.477 e. The van der Waals surface area contributed by atoms with Crippen LogP contribution < -0.4 is 5.73 Å². The van der Waals surface area contributed by atoms with E-state index in [0.717, 1.165) is 22.9 Å². The second-order valence-electron chi connectivity index (χ2n) is 4.40. The molecule has 0 aliphatic heterocycles. The summed E-state index contributed by atoms with van der Waals surface area (Å²) < 4.78 is 40.9. The van der Waals surface area contributed by atoms with Crippen LogP contribution in [0.5, 0.6) is 0 Å². The highest BCUT2D eigenvalue weighted by atomic mass is 19.2. The van der Waals surface area contributed by atoms with Gasteiger partial charge >= 0.3 is 5.97 Å². The number of halogens is 3. The van der Waals surface area contributed by atoms with Gasteiger partial charge in [0.2, 0.25) is 5.95 Å². The number of nitrogens with zero attached hydrogens (tertiary/aromatic N) is 2. The van der Waals surface area contributed by atoms with E-state index in [0.29, 0.717) is 0 Å². The first-order valence-electron chi connectivity index (χ1n) is 6.07. The van der Waals surface area contributed by atoms with Crippen molar-refractivity contribution in [2.45, 2.75) is 19.4 Å². The molecule has 1 atom stereocenters. The zero-order valence-electron chi connectivity index (χ0n) is 11.0. The first-order valence-corrected chi connectivity index (χ1v) is 6.07. The summed E-state index contributed by atoms with van der Waals surface area (Å²) in [5, 5.41) is 9.10. The average Bonchev–Trinajstić information content (AvgIpc) is 2.79. The standard InChI is InChI=1S/C13H12F3N3O2/c1-2-9(6-3-7(14)11(16)8(15)4-6)19-10(12(20)21)5-18-13(19)17/h3-5,9H,2H2,1H3,(H2,17,18)(H,20,21). The highest BCUT2D eigenvalue weighted by Gasteiger charge is 2.24. The molecule has 0 saturated carbocycles. The minimum absolute atomic E-state index is 0.0705. The normalized spacial score (nSPS) is 12.4. The van der Waals surface area contributed by atoms with Crippen LogP contribution in [-0.2, 0) is 0 Å². The summed E-state index contributed by atoms with van der Waals surface area (Å²) in [6.45, 7) is 1.68. The molecule has 112 valence electrons. The molecule has 3 N–H and O–H groups in total. The Morgan fingerprint density at radius 3 is 2.43 bits per heavy atom. The van der Waals surface area contributed by atoms with E-state index in [1.54, 1.807) is 6.92 Å². The van der Waals surface area contributed by atoms with Crippen molar-refractivity contribution in [3.63, 3.8) is 0 Å². The van der Waals surface area contributed by atoms with Crippen molar-refractivity contribution in [1.29, 1.82) is 0 Å². The van der Waals surface area contributed by atoms with E-state index in [4.69, 9.17) is 10.8 Å². The molecule has 2 aromatic rings. The Kier molecular flexibility index (Phi) is 3.88. The van der Waals surface area contributed by atoms with Gasteiger partial charge in [0, 0.05) is 0 Å². The number of hydrogen-bond donors (Lipinski definition) is 2. The summed E-state index contributed by atoms with van der Waals surface area (Å²) in [6.07, 6.45) is 1.34. The van der Waals surface area contributed by atoms with Crippen molar-refractivity contribution < 1.29 is 23.1 Å². The van der Waals surface area contributed by atoms with Gasteiger partial charge in [-0.3, -0.25) is 4.57 Å². The molecule has 0 spiro atoms. The molecule has 21 heavy (non-hydrogen) atoms. The smallest absolute Gasteiger partial charge is 0.354 e. The number of aromatic nitrogens is 2. The third kappa shape index (κ3) is 2.56. The predicted molar refractivity (Wildman–Crippen MR) is 68.3 cm³/mol. The van der Waals surface area contributed by atoms with E-state index >= 15 is 0 Å². The van der Waals surface area contributed by atoms with Crippen molar-refractivity contribution in [3.05, 3.63) is 47.0 Å². The molecular formula is C13H12F3N3O2. The van der Waals surface area contributed by atoms with E-state index in [2.05, 4.69) is 4.98 Å². The molecule has 1 heterocycles. The molecular weight excluding hydrogens is 287 g/mol. The van der Waals surface area contributed by atoms with Gasteiger partial charge in [0.1, 0.15) is 5.69 Å². The first kappa shape index (κ1) is 14.9. The number of nitrogen functional groups attached to an aromatic ring is 1. The summed E-state index contributed by atoms with van der Waals surface area (Å²) in [6, 6.07) is 0.859. The minimum atomic E-state index is -1.58. The van der Waals surface area contributed by atoms with Crippen LogP contribution in [0.15, 0.2) is 18.3 Å². The van der Waals surface area contributed by atoms with Crippen LogP contribution in [0.1, 0.15) is 35.4 Å². The number of aromatic carboxylic acids is 1. The zero-order valence-corrected chi connectivity index (χ0v) is 11.0. The van der Waals surface area contributed by atoms with Crippen molar-refractivity contribution in [2.24, 2.45) is 0 Å². The SMILES string of the molecule is CCC(c1cc(F)c(F)c(F)c1)n1c(C(=O)O)cnc1N. The van der Waals surface area contributed by atoms with Crippen molar-refractivity contribution in [2.75, 3.05) is 5.73 Å². The average molecular weight is 299 g/mol. The maximum absolute atomic E-state index is 13.4. The fourth-order valence-electron chi connectivity index (χ4n) is 2.20. The van der Waals surface area contributed by atoms with Crippen LogP contribution >= 0.6 is 0 Å². The molecule has 0 aliphatic rings. The number of rotatable bonds is 4. The van der Waals surface area contributed by atoms with Crippen LogP contribution in [0.4, 0.5) is 19.1 Å². The fourth-order valence-corrected chi connectivity index (χ4v) is 2.20. The molecule has 1 unspecified atom stereocenters. The molecule has 5 nitrogen and oxygen atoms in total. The minimum Gasteiger partial charge on any atom is -0.477 e. The van der Waals surface area contributed by atoms with Gasteiger partial charge in [-0.05, 0) is 24.1 Å². The van der Waals surface area contributed by atoms with E-state index in [1.165, 1.54) is 0 Å². The molecule has 0 bridgehead atoms. The quantitative estimate of drug-likeness (QED) is 0.850. The number of anilines is 1. The summed E-state index contributed by atoms with van der Waals surface area (Å²) >= 11 is 0. The summed E-state index contributed by atoms with van der Waals surface area (Å²) in [7, 11) is 0. The number of carboxylic acid groups (broad SMARTS) is 1. The Labute approximate surface area is 117 Å². The number of hydrogen-bond acceptors (Lipinski definition) is 3. The topological polar surface area (TPSA) is 81.1 Å². The van der Waals surface area contributed by atoms with Gasteiger partial charge in [-0.25, -0.2) is 22.9 Å². The van der Waals surface area contributed by atoms with E-state index in [1.807, 2.05) is 0 Å². The molecule has 1 aromatic carbocycles. The number of benzene rings is 1. The molecule has 8 heteroatoms. The van der Waals surface area contributed by atoms with Crippen LogP contribution in [0.3, 0.4) is 0 Å². The maximum Gasteiger partial charge on any atom is 0.354 e. The lowest BCUT2D eigenvalue weighted by molar-refractivity contribution is 0.0683. The monoisotopic (exact) mass is 299 g/mol. The summed E-state index contributed by atoms with van der Waals surface area (Å²) in [5.41, 5.74) is 5.48. The van der Waals surface area contributed by atoms with Crippen LogP contribution in [0, 0.1) is 17.5 Å². The van der Waals surface area contributed by atoms with Gasteiger partial charge < -0.3 is 10.8 Å². The Balaban J connectivity index is 2.60. The zero-order chi connectivity index (χ0) is 15.7. The first-order chi connectivity index (χ1) is 9.86. The van der Waals surface area contributed by atoms with Crippen molar-refractivity contribution >= 4 is 11.9 Å². The van der Waals surface area contributed by atoms with Crippen LogP contribution in [0.2, 0.25) is 0 Å². The number of carboxylic acids is 1. The number of nitrogens with two attached hydrogens (primary N) is 1. The Hall–Kier alpha value is -2.51. The van der Waals surface area contributed by atoms with Gasteiger partial charge in [-0.1, -0.05) is 6.92 Å². The second-order valence-corrected chi connectivity index (χ2v) is 4.40. The number of imidazole rings is 1. The van der Waals surface area contributed by atoms with Gasteiger partial charge in [0.15, 0.2) is 17.5 Å². The highest BCUT2D eigenvalue weighted by Crippen LogP contribution is 2.28. The third-order valence-corrected chi connectivity index (χ3v) is 3.13. The fraction of sp³-hybridized carbons (Fsp3) is 0.231. The van der Waals surface area contributed by atoms with Gasteiger partial charge in [-0.15, -0.1) is 0 Å². The second kappa shape index (κ2) is 5.47. The molecule has 1 aromatic heterocycles. The lowest BCUT2D eigenvalue weighted by atomic mass is 10.0. The summed E-state index contributed by atoms with van der Waals surface area (Å²) in [5.74, 6) is -5.66. The molecule has 2 rings (SSSR count). The van der Waals surface area contributed by atoms with E-state index < -0.39 is 29.5 Å². The van der Waals surface area contributed by atoms with Gasteiger partial charge in [-0.2, -0.15) is 0 Å². The van der Waals surface area contributed by atoms with Crippen molar-refractivity contribution in [3.8, 4) is 0 Å². The van der Waals surface area contributed by atoms with E-state index in [-0.39, 0.29) is 23.6 Å². The Bertz CT molecular complexity index is 677. The molecule has 0 aliphatic carbocycles. The predicted octanol–water partition coefficient (Wildman–Crippen LogP) is 2.58. The molecule has 0 amide bonds. The molecule has 0 radical (unpaired) electrons. The Morgan fingerprint density at radius 2 is 1.95 bits per heavy atom. The van der Waals surface area contributed by atoms with Gasteiger partial charge in [0.25, 0.3) is 0 Å². The third-order valence-electron chi connectivity index (χ3n) is 3.13. The van der Waals surface area contributed by atoms with E-state index in [9.17, 15) is 18.0 Å². The van der Waals surface area contributed by atoms with Crippen molar-refractivity contribution in [1.82, 2.24) is 9.55 Å². The Morgan fingerprint density at radius 1 is 1.38 bits per heavy atom. The summed E-state index contributed by atoms with van der Waals surface area (Å²) in [4.78, 5) is 14.8. The van der Waals surface area contributed by atoms with Gasteiger partial charge in [0.05, 0.1) is 12.2 Å². The molecule has 0 fully saturated rings. The maximum atomic E-state index is 13.4. The highest BCUT2D eigenvalue weighted by molar-refractivity contribution is 5.86.